The molecule has 1 aliphatic rings. The highest BCUT2D eigenvalue weighted by molar-refractivity contribution is 7.97. The van der Waals surface area contributed by atoms with Gasteiger partial charge in [-0.1, -0.05) is 11.6 Å². The number of hydrogen-bond donors (Lipinski definition) is 1. The first kappa shape index (κ1) is 23.6. The molecule has 0 aromatic carbocycles. The fourth-order valence-electron chi connectivity index (χ4n) is 3.08. The lowest BCUT2D eigenvalue weighted by atomic mass is 10.2. The first-order chi connectivity index (χ1) is 14.6. The minimum absolute atomic E-state index is 0.0620. The molecule has 0 bridgehead atoms. The molecule has 1 atom stereocenters. The number of pyridine rings is 1. The van der Waals surface area contributed by atoms with Crippen LogP contribution in [0.15, 0.2) is 0 Å². The molecular formula is C20H27ClFN5O3S. The van der Waals surface area contributed by atoms with Crippen molar-refractivity contribution in [2.24, 2.45) is 0 Å². The van der Waals surface area contributed by atoms with E-state index in [-0.39, 0.29) is 22.7 Å². The Kier molecular flexibility index (Phi) is 7.31. The molecule has 2 aromatic heterocycles. The molecule has 3 rings (SSSR count). The summed E-state index contributed by atoms with van der Waals surface area (Å²) >= 11 is 7.55. The second-order valence-corrected chi connectivity index (χ2v) is 9.50. The topological polar surface area (TPSA) is 89.5 Å². The third-order valence-electron chi connectivity index (χ3n) is 4.48. The Morgan fingerprint density at radius 3 is 2.77 bits per heavy atom. The summed E-state index contributed by atoms with van der Waals surface area (Å²) in [4.78, 5) is 27.3. The Bertz CT molecular complexity index is 972. The van der Waals surface area contributed by atoms with Gasteiger partial charge in [0.05, 0.1) is 11.9 Å². The molecule has 0 aliphatic carbocycles. The standard InChI is InChI=1S/C20H27ClFN5O3S/c1-11-6-8-27(19(28)30-20(2,3)4)9-7-23-17-13-15(24-12(25-17)10-31-5)14(22)16(21)26-18(13)29-11/h11H,6-10H2,1-5H3,(H,23,24,25)/t11-/m0/s1. The number of anilines is 1. The lowest BCUT2D eigenvalue weighted by molar-refractivity contribution is 0.0238. The zero-order chi connectivity index (χ0) is 22.8. The number of nitrogens with one attached hydrogen (secondary N) is 1. The molecule has 0 unspecified atom stereocenters. The molecule has 1 N–H and O–H groups in total. The number of thioether (sulfide) groups is 1. The number of aromatic nitrogens is 3. The highest BCUT2D eigenvalue weighted by atomic mass is 35.5. The molecule has 11 heteroatoms. The van der Waals surface area contributed by atoms with Crippen LogP contribution in [0.1, 0.15) is 39.9 Å². The van der Waals surface area contributed by atoms with Gasteiger partial charge in [-0.25, -0.2) is 19.2 Å². The van der Waals surface area contributed by atoms with Crippen LogP contribution in [-0.2, 0) is 10.5 Å². The van der Waals surface area contributed by atoms with Crippen molar-refractivity contribution in [3.63, 3.8) is 0 Å². The predicted molar refractivity (Wildman–Crippen MR) is 121 cm³/mol. The van der Waals surface area contributed by atoms with Gasteiger partial charge in [-0.05, 0) is 34.0 Å². The molecule has 1 amide bonds. The normalized spacial score (nSPS) is 17.5. The molecule has 1 aliphatic heterocycles. The third kappa shape index (κ3) is 5.79. The largest absolute Gasteiger partial charge is 0.474 e. The Balaban J connectivity index is 2.01. The van der Waals surface area contributed by atoms with Gasteiger partial charge in [-0.15, -0.1) is 0 Å². The van der Waals surface area contributed by atoms with Crippen molar-refractivity contribution in [2.45, 2.75) is 51.6 Å². The van der Waals surface area contributed by atoms with Gasteiger partial charge >= 0.3 is 6.09 Å². The monoisotopic (exact) mass is 471 g/mol. The second kappa shape index (κ2) is 9.60. The molecule has 0 fully saturated rings. The minimum atomic E-state index is -0.713. The van der Waals surface area contributed by atoms with Crippen molar-refractivity contribution in [1.29, 1.82) is 0 Å². The summed E-state index contributed by atoms with van der Waals surface area (Å²) in [7, 11) is 0. The van der Waals surface area contributed by atoms with Crippen molar-refractivity contribution in [2.75, 3.05) is 31.2 Å². The van der Waals surface area contributed by atoms with Gasteiger partial charge in [0.1, 0.15) is 28.1 Å². The first-order valence-electron chi connectivity index (χ1n) is 10.0. The van der Waals surface area contributed by atoms with Crippen LogP contribution < -0.4 is 10.1 Å². The summed E-state index contributed by atoms with van der Waals surface area (Å²) in [5.41, 5.74) is -0.536. The number of amides is 1. The number of carbonyl (C=O) groups excluding carboxylic acids is 1. The summed E-state index contributed by atoms with van der Waals surface area (Å²) in [5, 5.41) is 3.22. The number of hydrogen-bond acceptors (Lipinski definition) is 8. The van der Waals surface area contributed by atoms with Crippen LogP contribution in [0.25, 0.3) is 10.9 Å². The van der Waals surface area contributed by atoms with Crippen molar-refractivity contribution < 1.29 is 18.7 Å². The number of halogens is 2. The van der Waals surface area contributed by atoms with Gasteiger partial charge in [0, 0.05) is 26.1 Å². The highest BCUT2D eigenvalue weighted by Crippen LogP contribution is 2.35. The van der Waals surface area contributed by atoms with Crippen LogP contribution in [0, 0.1) is 5.82 Å². The summed E-state index contributed by atoms with van der Waals surface area (Å²) in [6, 6.07) is 0. The molecule has 0 saturated heterocycles. The van der Waals surface area contributed by atoms with E-state index in [1.54, 1.807) is 4.90 Å². The van der Waals surface area contributed by atoms with Gasteiger partial charge < -0.3 is 19.7 Å². The van der Waals surface area contributed by atoms with E-state index < -0.39 is 17.5 Å². The van der Waals surface area contributed by atoms with Crippen LogP contribution in [0.3, 0.4) is 0 Å². The number of carbonyl (C=O) groups is 1. The maximum atomic E-state index is 14.8. The van der Waals surface area contributed by atoms with Gasteiger partial charge in [0.2, 0.25) is 5.88 Å². The number of nitrogens with zero attached hydrogens (tertiary/aromatic N) is 4. The van der Waals surface area contributed by atoms with E-state index in [0.29, 0.717) is 48.8 Å². The molecule has 170 valence electrons. The molecule has 0 saturated carbocycles. The van der Waals surface area contributed by atoms with Crippen molar-refractivity contribution in [3.05, 3.63) is 16.8 Å². The van der Waals surface area contributed by atoms with E-state index >= 15 is 0 Å². The van der Waals surface area contributed by atoms with Gasteiger partial charge in [0.25, 0.3) is 0 Å². The maximum Gasteiger partial charge on any atom is 0.410 e. The Morgan fingerprint density at radius 2 is 2.10 bits per heavy atom. The predicted octanol–water partition coefficient (Wildman–Crippen LogP) is 4.50. The lowest BCUT2D eigenvalue weighted by Gasteiger charge is -2.28. The van der Waals surface area contributed by atoms with Crippen molar-refractivity contribution in [3.8, 4) is 5.88 Å². The fourth-order valence-corrected chi connectivity index (χ4v) is 3.64. The minimum Gasteiger partial charge on any atom is -0.474 e. The smallest absolute Gasteiger partial charge is 0.410 e. The summed E-state index contributed by atoms with van der Waals surface area (Å²) in [5.74, 6) is 0.806. The molecular weight excluding hydrogens is 445 g/mol. The zero-order valence-corrected chi connectivity index (χ0v) is 19.9. The van der Waals surface area contributed by atoms with E-state index in [2.05, 4.69) is 20.3 Å². The van der Waals surface area contributed by atoms with Crippen LogP contribution in [0.5, 0.6) is 5.88 Å². The molecule has 2 aromatic rings. The molecule has 0 spiro atoms. The van der Waals surface area contributed by atoms with Crippen LogP contribution in [-0.4, -0.2) is 63.5 Å². The Hall–Kier alpha value is -2.07. The maximum absolute atomic E-state index is 14.8. The Morgan fingerprint density at radius 1 is 1.35 bits per heavy atom. The second-order valence-electron chi connectivity index (χ2n) is 8.28. The highest BCUT2D eigenvalue weighted by Gasteiger charge is 2.26. The van der Waals surface area contributed by atoms with Crippen molar-refractivity contribution >= 4 is 46.2 Å². The number of rotatable bonds is 2. The van der Waals surface area contributed by atoms with E-state index in [1.165, 1.54) is 11.8 Å². The molecule has 3 heterocycles. The molecule has 0 radical (unpaired) electrons. The third-order valence-corrected chi connectivity index (χ3v) is 5.27. The quantitative estimate of drug-likeness (QED) is 0.640. The number of ether oxygens (including phenoxy) is 2. The van der Waals surface area contributed by atoms with Crippen LogP contribution in [0.4, 0.5) is 15.0 Å². The van der Waals surface area contributed by atoms with E-state index in [1.807, 2.05) is 34.0 Å². The first-order valence-corrected chi connectivity index (χ1v) is 11.8. The average Bonchev–Trinajstić information content (AvgIpc) is 2.69. The summed E-state index contributed by atoms with van der Waals surface area (Å²) in [6.07, 6.45) is 1.71. The molecule has 31 heavy (non-hydrogen) atoms. The van der Waals surface area contributed by atoms with Crippen LogP contribution >= 0.6 is 23.4 Å². The molecule has 8 nitrogen and oxygen atoms in total. The van der Waals surface area contributed by atoms with E-state index in [0.717, 1.165) is 0 Å². The van der Waals surface area contributed by atoms with Gasteiger partial charge in [-0.3, -0.25) is 0 Å². The average molecular weight is 472 g/mol. The van der Waals surface area contributed by atoms with E-state index in [9.17, 15) is 9.18 Å². The van der Waals surface area contributed by atoms with Gasteiger partial charge in [-0.2, -0.15) is 16.7 Å². The van der Waals surface area contributed by atoms with Crippen molar-refractivity contribution in [1.82, 2.24) is 19.9 Å². The fraction of sp³-hybridized carbons (Fsp3) is 0.600. The zero-order valence-electron chi connectivity index (χ0n) is 18.3. The SMILES string of the molecule is CSCc1nc2c3c(nc(Cl)c(F)c3n1)O[C@@H](C)CCN(C(=O)OC(C)(C)C)CCN2. The summed E-state index contributed by atoms with van der Waals surface area (Å²) in [6.45, 7) is 8.51. The lowest BCUT2D eigenvalue weighted by Crippen LogP contribution is -2.40. The van der Waals surface area contributed by atoms with Gasteiger partial charge in [0.15, 0.2) is 11.0 Å². The van der Waals surface area contributed by atoms with Crippen LogP contribution in [0.2, 0.25) is 5.15 Å². The van der Waals surface area contributed by atoms with E-state index in [4.69, 9.17) is 21.1 Å². The summed E-state index contributed by atoms with van der Waals surface area (Å²) < 4.78 is 26.3. The Labute approximate surface area is 190 Å².